The first-order valence-corrected chi connectivity index (χ1v) is 6.00. The molecule has 94 valence electrons. The molecule has 3 aromatic rings. The largest absolute Gasteiger partial charge is 0.366 e. The minimum atomic E-state index is -0.419. The summed E-state index contributed by atoms with van der Waals surface area (Å²) >= 11 is 0. The number of hydrogen-bond acceptors (Lipinski definition) is 2. The number of benzene rings is 1. The van der Waals surface area contributed by atoms with Crippen LogP contribution in [-0.4, -0.2) is 15.3 Å². The van der Waals surface area contributed by atoms with E-state index in [9.17, 15) is 4.79 Å². The lowest BCUT2D eigenvalue weighted by atomic mass is 10.1. The second-order valence-electron chi connectivity index (χ2n) is 4.49. The minimum Gasteiger partial charge on any atom is -0.366 e. The molecule has 0 saturated carbocycles. The highest BCUT2D eigenvalue weighted by Crippen LogP contribution is 2.20. The van der Waals surface area contributed by atoms with Gasteiger partial charge in [-0.3, -0.25) is 4.79 Å². The summed E-state index contributed by atoms with van der Waals surface area (Å²) < 4.78 is 1.99. The van der Waals surface area contributed by atoms with E-state index in [4.69, 9.17) is 5.73 Å². The fraction of sp³-hybridized carbons (Fsp3) is 0.0667. The number of amides is 1. The highest BCUT2D eigenvalue weighted by Gasteiger charge is 2.07. The highest BCUT2D eigenvalue weighted by atomic mass is 16.1. The number of imidazole rings is 1. The average molecular weight is 251 g/mol. The van der Waals surface area contributed by atoms with E-state index < -0.39 is 5.91 Å². The van der Waals surface area contributed by atoms with Crippen LogP contribution in [0, 0.1) is 6.92 Å². The number of primary amides is 1. The third-order valence-corrected chi connectivity index (χ3v) is 3.14. The second-order valence-corrected chi connectivity index (χ2v) is 4.49. The van der Waals surface area contributed by atoms with Gasteiger partial charge in [0.05, 0.1) is 5.69 Å². The van der Waals surface area contributed by atoms with Gasteiger partial charge in [-0.25, -0.2) is 4.98 Å². The highest BCUT2D eigenvalue weighted by molar-refractivity contribution is 5.93. The molecule has 3 rings (SSSR count). The third kappa shape index (κ3) is 1.97. The fourth-order valence-corrected chi connectivity index (χ4v) is 2.10. The van der Waals surface area contributed by atoms with Crippen molar-refractivity contribution >= 4 is 11.6 Å². The number of carbonyl (C=O) groups is 1. The monoisotopic (exact) mass is 251 g/mol. The van der Waals surface area contributed by atoms with Crippen LogP contribution in [0.25, 0.3) is 16.9 Å². The van der Waals surface area contributed by atoms with Crippen LogP contribution in [0.4, 0.5) is 0 Å². The van der Waals surface area contributed by atoms with Gasteiger partial charge in [-0.2, -0.15) is 0 Å². The Morgan fingerprint density at radius 1 is 1.21 bits per heavy atom. The lowest BCUT2D eigenvalue weighted by Gasteiger charge is -1.98. The van der Waals surface area contributed by atoms with E-state index in [0.29, 0.717) is 5.56 Å². The van der Waals surface area contributed by atoms with Gasteiger partial charge in [0.1, 0.15) is 5.65 Å². The number of aromatic nitrogens is 2. The molecule has 0 aliphatic heterocycles. The number of carbonyl (C=O) groups excluding carboxylic acids is 1. The quantitative estimate of drug-likeness (QED) is 0.760. The molecule has 0 radical (unpaired) electrons. The molecule has 4 heteroatoms. The van der Waals surface area contributed by atoms with Gasteiger partial charge in [-0.05, 0) is 30.7 Å². The maximum Gasteiger partial charge on any atom is 0.248 e. The van der Waals surface area contributed by atoms with Crippen LogP contribution in [0.1, 0.15) is 15.9 Å². The summed E-state index contributed by atoms with van der Waals surface area (Å²) in [5.41, 5.74) is 9.64. The number of pyridine rings is 1. The topological polar surface area (TPSA) is 60.4 Å². The van der Waals surface area contributed by atoms with Gasteiger partial charge < -0.3 is 10.1 Å². The molecule has 0 spiro atoms. The van der Waals surface area contributed by atoms with E-state index in [1.807, 2.05) is 48.0 Å². The smallest absolute Gasteiger partial charge is 0.248 e. The van der Waals surface area contributed by atoms with Gasteiger partial charge in [0, 0.05) is 23.5 Å². The molecule has 2 heterocycles. The SMILES string of the molecule is Cc1cccn2cc(-c3ccc(C(N)=O)cc3)nc12. The van der Waals surface area contributed by atoms with E-state index >= 15 is 0 Å². The van der Waals surface area contributed by atoms with Crippen molar-refractivity contribution in [3.8, 4) is 11.3 Å². The Morgan fingerprint density at radius 2 is 1.95 bits per heavy atom. The Balaban J connectivity index is 2.09. The van der Waals surface area contributed by atoms with Gasteiger partial charge in [-0.15, -0.1) is 0 Å². The minimum absolute atomic E-state index is 0.419. The molecule has 0 bridgehead atoms. The first-order valence-electron chi connectivity index (χ1n) is 6.00. The van der Waals surface area contributed by atoms with Crippen molar-refractivity contribution in [2.24, 2.45) is 5.73 Å². The second kappa shape index (κ2) is 4.24. The number of nitrogens with zero attached hydrogens (tertiary/aromatic N) is 2. The molecule has 4 nitrogen and oxygen atoms in total. The molecule has 2 N–H and O–H groups in total. The molecule has 0 aliphatic carbocycles. The normalized spacial score (nSPS) is 10.8. The van der Waals surface area contributed by atoms with E-state index in [2.05, 4.69) is 4.98 Å². The first-order chi connectivity index (χ1) is 9.15. The van der Waals surface area contributed by atoms with E-state index in [0.717, 1.165) is 22.5 Å². The van der Waals surface area contributed by atoms with Crippen molar-refractivity contribution in [2.45, 2.75) is 6.92 Å². The summed E-state index contributed by atoms with van der Waals surface area (Å²) in [7, 11) is 0. The molecule has 0 aliphatic rings. The van der Waals surface area contributed by atoms with Crippen LogP contribution in [0.5, 0.6) is 0 Å². The van der Waals surface area contributed by atoms with Crippen LogP contribution < -0.4 is 5.73 Å². The predicted molar refractivity (Wildman–Crippen MR) is 73.9 cm³/mol. The molecular weight excluding hydrogens is 238 g/mol. The van der Waals surface area contributed by atoms with Crippen molar-refractivity contribution < 1.29 is 4.79 Å². The lowest BCUT2D eigenvalue weighted by Crippen LogP contribution is -2.10. The van der Waals surface area contributed by atoms with Gasteiger partial charge in [0.15, 0.2) is 0 Å². The van der Waals surface area contributed by atoms with Crippen molar-refractivity contribution in [3.05, 3.63) is 59.9 Å². The van der Waals surface area contributed by atoms with E-state index in [1.165, 1.54) is 0 Å². The standard InChI is InChI=1S/C15H13N3O/c1-10-3-2-8-18-9-13(17-15(10)18)11-4-6-12(7-5-11)14(16)19/h2-9H,1H3,(H2,16,19). The summed E-state index contributed by atoms with van der Waals surface area (Å²) in [6.07, 6.45) is 3.94. The Bertz CT molecular complexity index is 757. The zero-order chi connectivity index (χ0) is 13.4. The van der Waals surface area contributed by atoms with Crippen molar-refractivity contribution in [1.29, 1.82) is 0 Å². The molecule has 1 aromatic carbocycles. The Labute approximate surface area is 110 Å². The van der Waals surface area contributed by atoms with Crippen molar-refractivity contribution in [1.82, 2.24) is 9.38 Å². The third-order valence-electron chi connectivity index (χ3n) is 3.14. The number of hydrogen-bond donors (Lipinski definition) is 1. The summed E-state index contributed by atoms with van der Waals surface area (Å²) in [6, 6.07) is 11.2. The molecule has 1 amide bonds. The lowest BCUT2D eigenvalue weighted by molar-refractivity contribution is 0.100. The summed E-state index contributed by atoms with van der Waals surface area (Å²) in [4.78, 5) is 15.6. The van der Waals surface area contributed by atoms with Crippen molar-refractivity contribution in [2.75, 3.05) is 0 Å². The zero-order valence-electron chi connectivity index (χ0n) is 10.5. The summed E-state index contributed by atoms with van der Waals surface area (Å²) in [5, 5.41) is 0. The average Bonchev–Trinajstić information content (AvgIpc) is 2.84. The molecular formula is C15H13N3O. The molecule has 19 heavy (non-hydrogen) atoms. The van der Waals surface area contributed by atoms with E-state index in [1.54, 1.807) is 12.1 Å². The molecule has 0 atom stereocenters. The number of aryl methyl sites for hydroxylation is 1. The predicted octanol–water partition coefficient (Wildman–Crippen LogP) is 2.41. The molecule has 0 unspecified atom stereocenters. The maximum absolute atomic E-state index is 11.0. The van der Waals surface area contributed by atoms with Gasteiger partial charge >= 0.3 is 0 Å². The zero-order valence-corrected chi connectivity index (χ0v) is 10.5. The Morgan fingerprint density at radius 3 is 2.58 bits per heavy atom. The van der Waals surface area contributed by atoms with Gasteiger partial charge in [0.2, 0.25) is 5.91 Å². The molecule has 0 fully saturated rings. The number of nitrogens with two attached hydrogens (primary N) is 1. The van der Waals surface area contributed by atoms with Gasteiger partial charge in [-0.1, -0.05) is 18.2 Å². The first kappa shape index (κ1) is 11.5. The maximum atomic E-state index is 11.0. The van der Waals surface area contributed by atoms with Crippen LogP contribution in [-0.2, 0) is 0 Å². The van der Waals surface area contributed by atoms with Crippen LogP contribution in [0.15, 0.2) is 48.8 Å². The Kier molecular flexibility index (Phi) is 2.56. The molecule has 2 aromatic heterocycles. The van der Waals surface area contributed by atoms with Crippen LogP contribution in [0.2, 0.25) is 0 Å². The Hall–Kier alpha value is -2.62. The number of rotatable bonds is 2. The van der Waals surface area contributed by atoms with Crippen molar-refractivity contribution in [3.63, 3.8) is 0 Å². The number of fused-ring (bicyclic) bond motifs is 1. The van der Waals surface area contributed by atoms with Crippen LogP contribution in [0.3, 0.4) is 0 Å². The summed E-state index contributed by atoms with van der Waals surface area (Å²) in [6.45, 7) is 2.03. The summed E-state index contributed by atoms with van der Waals surface area (Å²) in [5.74, 6) is -0.419. The fourth-order valence-electron chi connectivity index (χ4n) is 2.10. The van der Waals surface area contributed by atoms with Crippen LogP contribution >= 0.6 is 0 Å². The molecule has 0 saturated heterocycles. The van der Waals surface area contributed by atoms with E-state index in [-0.39, 0.29) is 0 Å². The van der Waals surface area contributed by atoms with Gasteiger partial charge in [0.25, 0.3) is 0 Å².